The van der Waals surface area contributed by atoms with Crippen molar-refractivity contribution in [2.75, 3.05) is 20.3 Å². The van der Waals surface area contributed by atoms with Crippen LogP contribution in [0.25, 0.3) is 0 Å². The maximum absolute atomic E-state index is 12.2. The van der Waals surface area contributed by atoms with Crippen molar-refractivity contribution >= 4 is 21.6 Å². The lowest BCUT2D eigenvalue weighted by Crippen LogP contribution is -2.26. The number of nitrogens with one attached hydrogen (secondary N) is 2. The summed E-state index contributed by atoms with van der Waals surface area (Å²) in [6.45, 7) is 5.49. The Balaban J connectivity index is 2.81. The first kappa shape index (κ1) is 18.4. The zero-order valence-electron chi connectivity index (χ0n) is 12.6. The van der Waals surface area contributed by atoms with Crippen molar-refractivity contribution in [1.29, 1.82) is 0 Å². The molecule has 0 unspecified atom stereocenters. The van der Waals surface area contributed by atoms with Crippen molar-refractivity contribution in [3.8, 4) is 0 Å². The SMILES string of the molecule is COCCCNS(=O)(=O)c1cc(CNC(C)C)ccc1Cl. The Morgan fingerprint density at radius 1 is 1.33 bits per heavy atom. The second-order valence-electron chi connectivity index (χ2n) is 5.04. The number of benzene rings is 1. The number of halogens is 1. The first-order valence-corrected chi connectivity index (χ1v) is 8.73. The highest BCUT2D eigenvalue weighted by atomic mass is 35.5. The van der Waals surface area contributed by atoms with Crippen molar-refractivity contribution < 1.29 is 13.2 Å². The smallest absolute Gasteiger partial charge is 0.242 e. The third-order valence-corrected chi connectivity index (χ3v) is 4.76. The molecule has 0 saturated carbocycles. The molecular formula is C14H23ClN2O3S. The van der Waals surface area contributed by atoms with Crippen molar-refractivity contribution in [3.63, 3.8) is 0 Å². The van der Waals surface area contributed by atoms with Crippen LogP contribution >= 0.6 is 11.6 Å². The molecule has 5 nitrogen and oxygen atoms in total. The van der Waals surface area contributed by atoms with Gasteiger partial charge in [-0.2, -0.15) is 0 Å². The highest BCUT2D eigenvalue weighted by Crippen LogP contribution is 2.22. The van der Waals surface area contributed by atoms with Gasteiger partial charge in [0.2, 0.25) is 10.0 Å². The van der Waals surface area contributed by atoms with E-state index in [1.807, 2.05) is 19.9 Å². The average Bonchev–Trinajstić information content (AvgIpc) is 2.42. The highest BCUT2D eigenvalue weighted by Gasteiger charge is 2.18. The molecule has 0 aliphatic heterocycles. The van der Waals surface area contributed by atoms with Gasteiger partial charge in [-0.3, -0.25) is 0 Å². The summed E-state index contributed by atoms with van der Waals surface area (Å²) in [7, 11) is -2.02. The summed E-state index contributed by atoms with van der Waals surface area (Å²) < 4.78 is 31.9. The summed E-state index contributed by atoms with van der Waals surface area (Å²) >= 11 is 6.02. The van der Waals surface area contributed by atoms with Gasteiger partial charge in [0.15, 0.2) is 0 Å². The van der Waals surface area contributed by atoms with E-state index in [1.165, 1.54) is 0 Å². The summed E-state index contributed by atoms with van der Waals surface area (Å²) in [5, 5.41) is 3.47. The van der Waals surface area contributed by atoms with Gasteiger partial charge in [0, 0.05) is 32.8 Å². The molecular weight excluding hydrogens is 312 g/mol. The molecule has 7 heteroatoms. The third-order valence-electron chi connectivity index (χ3n) is 2.82. The lowest BCUT2D eigenvalue weighted by atomic mass is 10.2. The molecule has 1 rings (SSSR count). The maximum atomic E-state index is 12.2. The average molecular weight is 335 g/mol. The monoisotopic (exact) mass is 334 g/mol. The van der Waals surface area contributed by atoms with Crippen molar-refractivity contribution in [1.82, 2.24) is 10.0 Å². The molecule has 0 aliphatic carbocycles. The molecule has 0 radical (unpaired) electrons. The molecule has 120 valence electrons. The van der Waals surface area contributed by atoms with E-state index in [4.69, 9.17) is 16.3 Å². The number of rotatable bonds is 9. The lowest BCUT2D eigenvalue weighted by Gasteiger charge is -2.12. The largest absolute Gasteiger partial charge is 0.385 e. The molecule has 0 bridgehead atoms. The fourth-order valence-corrected chi connectivity index (χ4v) is 3.31. The van der Waals surface area contributed by atoms with Gasteiger partial charge in [-0.15, -0.1) is 0 Å². The van der Waals surface area contributed by atoms with Crippen LogP contribution in [0.2, 0.25) is 5.02 Å². The van der Waals surface area contributed by atoms with Crippen LogP contribution in [0.15, 0.2) is 23.1 Å². The molecule has 0 atom stereocenters. The second kappa shape index (κ2) is 8.70. The van der Waals surface area contributed by atoms with Gasteiger partial charge in [0.25, 0.3) is 0 Å². The van der Waals surface area contributed by atoms with Crippen molar-refractivity contribution in [3.05, 3.63) is 28.8 Å². The Hall–Kier alpha value is -0.660. The van der Waals surface area contributed by atoms with E-state index in [0.29, 0.717) is 32.2 Å². The summed E-state index contributed by atoms with van der Waals surface area (Å²) in [6.07, 6.45) is 0.613. The molecule has 0 fully saturated rings. The van der Waals surface area contributed by atoms with Gasteiger partial charge in [-0.25, -0.2) is 13.1 Å². The van der Waals surface area contributed by atoms with Gasteiger partial charge in [-0.1, -0.05) is 31.5 Å². The normalized spacial score (nSPS) is 12.0. The van der Waals surface area contributed by atoms with E-state index in [-0.39, 0.29) is 9.92 Å². The topological polar surface area (TPSA) is 67.4 Å². The fourth-order valence-electron chi connectivity index (χ4n) is 1.69. The van der Waals surface area contributed by atoms with Gasteiger partial charge >= 0.3 is 0 Å². The molecule has 1 aromatic rings. The maximum Gasteiger partial charge on any atom is 0.242 e. The van der Waals surface area contributed by atoms with Crippen LogP contribution in [-0.2, 0) is 21.3 Å². The molecule has 1 aromatic carbocycles. The summed E-state index contributed by atoms with van der Waals surface area (Å²) in [5.74, 6) is 0. The Kier molecular flexibility index (Phi) is 7.62. The van der Waals surface area contributed by atoms with E-state index in [2.05, 4.69) is 10.0 Å². The van der Waals surface area contributed by atoms with Gasteiger partial charge in [0.05, 0.1) is 5.02 Å². The van der Waals surface area contributed by atoms with E-state index in [0.717, 1.165) is 5.56 Å². The number of ether oxygens (including phenoxy) is 1. The van der Waals surface area contributed by atoms with Crippen LogP contribution in [-0.4, -0.2) is 34.7 Å². The molecule has 0 heterocycles. The Morgan fingerprint density at radius 3 is 2.67 bits per heavy atom. The van der Waals surface area contributed by atoms with Crippen LogP contribution in [0, 0.1) is 0 Å². The van der Waals surface area contributed by atoms with Crippen LogP contribution in [0.4, 0.5) is 0 Å². The lowest BCUT2D eigenvalue weighted by molar-refractivity contribution is 0.196. The van der Waals surface area contributed by atoms with E-state index in [9.17, 15) is 8.42 Å². The number of sulfonamides is 1. The minimum absolute atomic E-state index is 0.115. The number of methoxy groups -OCH3 is 1. The summed E-state index contributed by atoms with van der Waals surface area (Å²) in [6, 6.07) is 5.37. The van der Waals surface area contributed by atoms with E-state index >= 15 is 0 Å². The molecule has 0 spiro atoms. The Bertz CT molecular complexity index is 547. The number of hydrogen-bond donors (Lipinski definition) is 2. The molecule has 0 saturated heterocycles. The quantitative estimate of drug-likeness (QED) is 0.679. The Labute approximate surface area is 132 Å². The third kappa shape index (κ3) is 6.32. The predicted molar refractivity (Wildman–Crippen MR) is 85.1 cm³/mol. The van der Waals surface area contributed by atoms with Crippen molar-refractivity contribution in [2.24, 2.45) is 0 Å². The van der Waals surface area contributed by atoms with Gasteiger partial charge in [-0.05, 0) is 24.1 Å². The first-order valence-electron chi connectivity index (χ1n) is 6.87. The van der Waals surface area contributed by atoms with Crippen LogP contribution in [0.3, 0.4) is 0 Å². The number of hydrogen-bond acceptors (Lipinski definition) is 4. The van der Waals surface area contributed by atoms with E-state index < -0.39 is 10.0 Å². The van der Waals surface area contributed by atoms with Gasteiger partial charge < -0.3 is 10.1 Å². The molecule has 0 amide bonds. The first-order chi connectivity index (χ1) is 9.86. The summed E-state index contributed by atoms with van der Waals surface area (Å²) in [4.78, 5) is 0.115. The summed E-state index contributed by atoms with van der Waals surface area (Å²) in [5.41, 5.74) is 0.880. The highest BCUT2D eigenvalue weighted by molar-refractivity contribution is 7.89. The van der Waals surface area contributed by atoms with Crippen molar-refractivity contribution in [2.45, 2.75) is 37.8 Å². The predicted octanol–water partition coefficient (Wildman–Crippen LogP) is 2.15. The Morgan fingerprint density at radius 2 is 2.05 bits per heavy atom. The minimum Gasteiger partial charge on any atom is -0.385 e. The molecule has 21 heavy (non-hydrogen) atoms. The van der Waals surface area contributed by atoms with Crippen LogP contribution in [0.5, 0.6) is 0 Å². The standard InChI is InChI=1S/C14H23ClN2O3S/c1-11(2)16-10-12-5-6-13(15)14(9-12)21(18,19)17-7-4-8-20-3/h5-6,9,11,16-17H,4,7-8,10H2,1-3H3. The zero-order valence-corrected chi connectivity index (χ0v) is 14.2. The molecule has 2 N–H and O–H groups in total. The van der Waals surface area contributed by atoms with Crippen LogP contribution < -0.4 is 10.0 Å². The minimum atomic E-state index is -3.60. The second-order valence-corrected chi connectivity index (χ2v) is 7.19. The van der Waals surface area contributed by atoms with Gasteiger partial charge in [0.1, 0.15) is 4.90 Å². The fraction of sp³-hybridized carbons (Fsp3) is 0.571. The molecule has 0 aromatic heterocycles. The zero-order chi connectivity index (χ0) is 15.9. The van der Waals surface area contributed by atoms with Crippen LogP contribution in [0.1, 0.15) is 25.8 Å². The molecule has 0 aliphatic rings. The van der Waals surface area contributed by atoms with E-state index in [1.54, 1.807) is 19.2 Å².